The van der Waals surface area contributed by atoms with Crippen LogP contribution in [0.15, 0.2) is 28.8 Å². The molecule has 1 heterocycles. The van der Waals surface area contributed by atoms with Gasteiger partial charge in [0.2, 0.25) is 5.91 Å². The lowest BCUT2D eigenvalue weighted by atomic mass is 10.1. The smallest absolute Gasteiger partial charge is 0.344 e. The molecule has 0 radical (unpaired) electrons. The molecule has 1 aromatic heterocycles. The fraction of sp³-hybridized carbons (Fsp3) is 0.429. The Kier molecular flexibility index (Phi) is 7.31. The number of hydrogen-bond acceptors (Lipinski definition) is 6. The average molecular weight is 419 g/mol. The molecule has 0 aliphatic rings. The number of esters is 1. The number of hydrogen-bond donors (Lipinski definition) is 1. The Morgan fingerprint density at radius 1 is 1.20 bits per heavy atom. The Morgan fingerprint density at radius 2 is 1.83 bits per heavy atom. The highest BCUT2D eigenvalue weighted by Crippen LogP contribution is 2.17. The van der Waals surface area contributed by atoms with Gasteiger partial charge in [-0.1, -0.05) is 12.1 Å². The molecule has 0 atom stereocenters. The van der Waals surface area contributed by atoms with Gasteiger partial charge in [-0.25, -0.2) is 9.18 Å². The average Bonchev–Trinajstić information content (AvgIpc) is 3.05. The van der Waals surface area contributed by atoms with Gasteiger partial charge in [0.1, 0.15) is 23.7 Å². The first kappa shape index (κ1) is 23.1. The number of amides is 2. The van der Waals surface area contributed by atoms with Crippen molar-refractivity contribution < 1.29 is 28.0 Å². The molecule has 0 aliphatic heterocycles. The molecule has 0 spiro atoms. The predicted octanol–water partition coefficient (Wildman–Crippen LogP) is 3.11. The van der Waals surface area contributed by atoms with Crippen LogP contribution in [0.1, 0.15) is 49.5 Å². The summed E-state index contributed by atoms with van der Waals surface area (Å²) >= 11 is 0. The first-order chi connectivity index (χ1) is 14.0. The number of anilines is 1. The second-order valence-electron chi connectivity index (χ2n) is 7.70. The molecule has 2 amide bonds. The molecule has 1 aromatic carbocycles. The molecular formula is C21H26FN3O5. The van der Waals surface area contributed by atoms with E-state index < -0.39 is 35.7 Å². The van der Waals surface area contributed by atoms with Crippen LogP contribution >= 0.6 is 0 Å². The molecule has 0 bridgehead atoms. The number of benzene rings is 1. The molecule has 0 saturated heterocycles. The summed E-state index contributed by atoms with van der Waals surface area (Å²) in [6, 6.07) is 5.29. The van der Waals surface area contributed by atoms with Gasteiger partial charge >= 0.3 is 5.97 Å². The van der Waals surface area contributed by atoms with Crippen LogP contribution in [0.2, 0.25) is 0 Å². The molecule has 162 valence electrons. The van der Waals surface area contributed by atoms with Gasteiger partial charge in [-0.2, -0.15) is 0 Å². The van der Waals surface area contributed by atoms with Crippen molar-refractivity contribution in [3.63, 3.8) is 0 Å². The van der Waals surface area contributed by atoms with Crippen molar-refractivity contribution in [2.24, 2.45) is 0 Å². The first-order valence-corrected chi connectivity index (χ1v) is 9.51. The van der Waals surface area contributed by atoms with Gasteiger partial charge in [0.15, 0.2) is 6.61 Å². The van der Waals surface area contributed by atoms with E-state index in [1.165, 1.54) is 29.2 Å². The third-order valence-electron chi connectivity index (χ3n) is 4.34. The molecule has 30 heavy (non-hydrogen) atoms. The molecule has 0 fully saturated rings. The monoisotopic (exact) mass is 419 g/mol. The van der Waals surface area contributed by atoms with Crippen LogP contribution in [0, 0.1) is 12.7 Å². The third-order valence-corrected chi connectivity index (χ3v) is 4.34. The normalized spacial score (nSPS) is 11.1. The molecule has 2 rings (SSSR count). The summed E-state index contributed by atoms with van der Waals surface area (Å²) in [5.74, 6) is -1.80. The molecular weight excluding hydrogens is 393 g/mol. The van der Waals surface area contributed by atoms with Crippen LogP contribution in [-0.2, 0) is 20.7 Å². The Labute approximate surface area is 174 Å². The Bertz CT molecular complexity index is 916. The zero-order chi connectivity index (χ0) is 22.5. The number of carbonyl (C=O) groups is 3. The van der Waals surface area contributed by atoms with Gasteiger partial charge in [-0.05, 0) is 58.4 Å². The lowest BCUT2D eigenvalue weighted by Gasteiger charge is -2.35. The van der Waals surface area contributed by atoms with E-state index in [0.29, 0.717) is 23.6 Å². The number of nitrogens with one attached hydrogen (secondary N) is 1. The molecule has 0 unspecified atom stereocenters. The van der Waals surface area contributed by atoms with Crippen molar-refractivity contribution in [1.29, 1.82) is 0 Å². The summed E-state index contributed by atoms with van der Waals surface area (Å²) in [5, 5.41) is 6.40. The van der Waals surface area contributed by atoms with Gasteiger partial charge < -0.3 is 19.5 Å². The zero-order valence-electron chi connectivity index (χ0n) is 17.7. The predicted molar refractivity (Wildman–Crippen MR) is 107 cm³/mol. The zero-order valence-corrected chi connectivity index (χ0v) is 17.7. The van der Waals surface area contributed by atoms with E-state index >= 15 is 0 Å². The summed E-state index contributed by atoms with van der Waals surface area (Å²) in [7, 11) is 0. The number of aryl methyl sites for hydroxylation is 2. The van der Waals surface area contributed by atoms with Gasteiger partial charge in [-0.15, -0.1) is 0 Å². The van der Waals surface area contributed by atoms with Crippen LogP contribution in [0.25, 0.3) is 0 Å². The van der Waals surface area contributed by atoms with Crippen LogP contribution in [-0.4, -0.2) is 46.5 Å². The molecule has 9 heteroatoms. The maximum atomic E-state index is 13.0. The van der Waals surface area contributed by atoms with Gasteiger partial charge in [0.25, 0.3) is 5.91 Å². The van der Waals surface area contributed by atoms with Crippen molar-refractivity contribution in [3.05, 3.63) is 47.1 Å². The Hall–Kier alpha value is -3.23. The number of aromatic nitrogens is 1. The molecule has 0 aliphatic carbocycles. The van der Waals surface area contributed by atoms with Crippen molar-refractivity contribution in [2.75, 3.05) is 18.5 Å². The fourth-order valence-electron chi connectivity index (χ4n) is 2.78. The summed E-state index contributed by atoms with van der Waals surface area (Å²) < 4.78 is 23.2. The molecule has 8 nitrogen and oxygen atoms in total. The third kappa shape index (κ3) is 5.88. The second kappa shape index (κ2) is 9.51. The Morgan fingerprint density at radius 3 is 2.40 bits per heavy atom. The SMILES string of the molecule is CCc1noc(C)c1C(=O)OCC(=O)N(CC(=O)Nc1ccc(F)cc1)C(C)(C)C. The number of rotatable bonds is 7. The van der Waals surface area contributed by atoms with Crippen LogP contribution in [0.3, 0.4) is 0 Å². The van der Waals surface area contributed by atoms with E-state index in [4.69, 9.17) is 9.26 Å². The highest BCUT2D eigenvalue weighted by atomic mass is 19.1. The van der Waals surface area contributed by atoms with E-state index in [0.717, 1.165) is 0 Å². The number of halogens is 1. The summed E-state index contributed by atoms with van der Waals surface area (Å²) in [5.41, 5.74) is 0.368. The molecule has 1 N–H and O–H groups in total. The van der Waals surface area contributed by atoms with Gasteiger partial charge in [0.05, 0.1) is 5.69 Å². The highest BCUT2D eigenvalue weighted by Gasteiger charge is 2.30. The topological polar surface area (TPSA) is 102 Å². The summed E-state index contributed by atoms with van der Waals surface area (Å²) in [6.07, 6.45) is 0.480. The van der Waals surface area contributed by atoms with Gasteiger partial charge in [0, 0.05) is 11.2 Å². The van der Waals surface area contributed by atoms with Crippen molar-refractivity contribution >= 4 is 23.5 Å². The summed E-state index contributed by atoms with van der Waals surface area (Å²) in [4.78, 5) is 38.8. The molecule has 2 aromatic rings. The highest BCUT2D eigenvalue weighted by molar-refractivity contribution is 5.96. The lowest BCUT2D eigenvalue weighted by Crippen LogP contribution is -2.50. The largest absolute Gasteiger partial charge is 0.452 e. The van der Waals surface area contributed by atoms with Crippen molar-refractivity contribution in [3.8, 4) is 0 Å². The van der Waals surface area contributed by atoms with Crippen LogP contribution < -0.4 is 5.32 Å². The minimum absolute atomic E-state index is 0.210. The fourth-order valence-corrected chi connectivity index (χ4v) is 2.78. The first-order valence-electron chi connectivity index (χ1n) is 9.51. The van der Waals surface area contributed by atoms with Crippen LogP contribution in [0.5, 0.6) is 0 Å². The maximum absolute atomic E-state index is 13.0. The van der Waals surface area contributed by atoms with E-state index in [-0.39, 0.29) is 12.1 Å². The second-order valence-corrected chi connectivity index (χ2v) is 7.70. The van der Waals surface area contributed by atoms with Gasteiger partial charge in [-0.3, -0.25) is 9.59 Å². The van der Waals surface area contributed by atoms with E-state index in [1.54, 1.807) is 27.7 Å². The minimum Gasteiger partial charge on any atom is -0.452 e. The Balaban J connectivity index is 2.03. The van der Waals surface area contributed by atoms with E-state index in [9.17, 15) is 18.8 Å². The van der Waals surface area contributed by atoms with E-state index in [1.807, 2.05) is 6.92 Å². The number of carbonyl (C=O) groups excluding carboxylic acids is 3. The quantitative estimate of drug-likeness (QED) is 0.692. The van der Waals surface area contributed by atoms with Crippen molar-refractivity contribution in [1.82, 2.24) is 10.1 Å². The number of ether oxygens (including phenoxy) is 1. The lowest BCUT2D eigenvalue weighted by molar-refractivity contribution is -0.142. The van der Waals surface area contributed by atoms with E-state index in [2.05, 4.69) is 10.5 Å². The number of nitrogens with zero attached hydrogens (tertiary/aromatic N) is 2. The summed E-state index contributed by atoms with van der Waals surface area (Å²) in [6.45, 7) is 7.90. The molecule has 0 saturated carbocycles. The van der Waals surface area contributed by atoms with Crippen molar-refractivity contribution in [2.45, 2.75) is 46.6 Å². The maximum Gasteiger partial charge on any atom is 0.344 e. The minimum atomic E-state index is -0.705. The van der Waals surface area contributed by atoms with Crippen LogP contribution in [0.4, 0.5) is 10.1 Å². The standard InChI is InChI=1S/C21H26FN3O5/c1-6-16-19(13(2)30-24-16)20(28)29-12-18(27)25(21(3,4)5)11-17(26)23-15-9-7-14(22)8-10-15/h7-10H,6,11-12H2,1-5H3,(H,23,26).